The van der Waals surface area contributed by atoms with Gasteiger partial charge in [0, 0.05) is 37.2 Å². The average molecular weight is 593 g/mol. The van der Waals surface area contributed by atoms with Gasteiger partial charge in [0.1, 0.15) is 11.6 Å². The molecule has 2 saturated carbocycles. The molecule has 222 valence electrons. The minimum Gasteiger partial charge on any atom is -0.493 e. The molecule has 3 fully saturated rings. The van der Waals surface area contributed by atoms with Gasteiger partial charge in [-0.2, -0.15) is 5.10 Å². The highest BCUT2D eigenvalue weighted by atomic mass is 35.5. The number of carbonyl (C=O) groups is 1. The van der Waals surface area contributed by atoms with Crippen LogP contribution in [0.15, 0.2) is 30.6 Å². The molecule has 2 aliphatic carbocycles. The first-order chi connectivity index (χ1) is 20.4. The molecule has 2 atom stereocenters. The molecule has 8 nitrogen and oxygen atoms in total. The Labute approximate surface area is 251 Å². The Balaban J connectivity index is 0.858. The summed E-state index contributed by atoms with van der Waals surface area (Å²) in [5.41, 5.74) is 4.26. The number of H-pyrrole nitrogens is 1. The van der Waals surface area contributed by atoms with Gasteiger partial charge in [-0.3, -0.25) is 9.89 Å². The lowest BCUT2D eigenvalue weighted by Gasteiger charge is -2.35. The van der Waals surface area contributed by atoms with E-state index in [1.165, 1.54) is 36.6 Å². The molecular formula is C32H38ClFN6O2. The van der Waals surface area contributed by atoms with Gasteiger partial charge in [-0.15, -0.1) is 0 Å². The van der Waals surface area contributed by atoms with Crippen molar-refractivity contribution in [1.29, 1.82) is 0 Å². The molecule has 42 heavy (non-hydrogen) atoms. The maximum absolute atomic E-state index is 15.0. The number of ether oxygens (including phenoxy) is 1. The van der Waals surface area contributed by atoms with Gasteiger partial charge in [0.25, 0.3) is 0 Å². The molecule has 1 aromatic carbocycles. The molecule has 0 radical (unpaired) electrons. The topological polar surface area (TPSA) is 87.2 Å². The van der Waals surface area contributed by atoms with E-state index in [0.29, 0.717) is 59.2 Å². The number of aromatic nitrogens is 4. The predicted molar refractivity (Wildman–Crippen MR) is 158 cm³/mol. The van der Waals surface area contributed by atoms with Crippen LogP contribution in [0.4, 0.5) is 10.3 Å². The first-order valence-electron chi connectivity index (χ1n) is 15.3. The van der Waals surface area contributed by atoms with E-state index in [9.17, 15) is 9.18 Å². The van der Waals surface area contributed by atoms with Gasteiger partial charge < -0.3 is 14.5 Å². The van der Waals surface area contributed by atoms with Crippen LogP contribution in [0.5, 0.6) is 5.75 Å². The summed E-state index contributed by atoms with van der Waals surface area (Å²) in [7, 11) is 0. The molecule has 2 unspecified atom stereocenters. The lowest BCUT2D eigenvalue weighted by molar-refractivity contribution is -0.131. The van der Waals surface area contributed by atoms with Crippen molar-refractivity contribution in [2.45, 2.75) is 70.8 Å². The van der Waals surface area contributed by atoms with Crippen LogP contribution in [-0.2, 0) is 24.2 Å². The lowest BCUT2D eigenvalue weighted by atomic mass is 9.81. The third-order valence-electron chi connectivity index (χ3n) is 10.2. The number of nitrogens with zero attached hydrogens (tertiary/aromatic N) is 5. The Kier molecular flexibility index (Phi) is 7.32. The van der Waals surface area contributed by atoms with Gasteiger partial charge in [0.05, 0.1) is 48.4 Å². The molecule has 4 heterocycles. The summed E-state index contributed by atoms with van der Waals surface area (Å²) in [6, 6.07) is 4.91. The van der Waals surface area contributed by atoms with Crippen LogP contribution in [0, 0.1) is 23.1 Å². The molecule has 3 aromatic rings. The van der Waals surface area contributed by atoms with Crippen LogP contribution in [-0.4, -0.2) is 57.2 Å². The quantitative estimate of drug-likeness (QED) is 0.343. The van der Waals surface area contributed by atoms with Gasteiger partial charge in [0.2, 0.25) is 11.9 Å². The van der Waals surface area contributed by atoms with Crippen molar-refractivity contribution in [3.63, 3.8) is 0 Å². The van der Waals surface area contributed by atoms with Crippen LogP contribution >= 0.6 is 11.6 Å². The predicted octanol–water partition coefficient (Wildman–Crippen LogP) is 5.71. The summed E-state index contributed by atoms with van der Waals surface area (Å²) in [6.45, 7) is 6.07. The number of piperidine rings is 1. The van der Waals surface area contributed by atoms with E-state index < -0.39 is 0 Å². The van der Waals surface area contributed by atoms with Crippen LogP contribution in [0.1, 0.15) is 73.9 Å². The highest BCUT2D eigenvalue weighted by Crippen LogP contribution is 2.61. The summed E-state index contributed by atoms with van der Waals surface area (Å²) in [5.74, 6) is 2.74. The smallest absolute Gasteiger partial charge is 0.227 e. The van der Waals surface area contributed by atoms with Crippen LogP contribution in [0.2, 0.25) is 5.02 Å². The van der Waals surface area contributed by atoms with Crippen molar-refractivity contribution in [3.05, 3.63) is 63.9 Å². The average Bonchev–Trinajstić information content (AvgIpc) is 3.92. The molecule has 2 aliphatic heterocycles. The fourth-order valence-electron chi connectivity index (χ4n) is 7.22. The molecule has 10 heteroatoms. The third-order valence-corrected chi connectivity index (χ3v) is 10.4. The highest BCUT2D eigenvalue weighted by molar-refractivity contribution is 6.30. The number of nitrogens with one attached hydrogen (secondary N) is 1. The summed E-state index contributed by atoms with van der Waals surface area (Å²) in [5, 5.41) is 8.19. The molecule has 1 amide bonds. The number of aromatic amines is 1. The van der Waals surface area contributed by atoms with E-state index >= 15 is 0 Å². The van der Waals surface area contributed by atoms with Crippen molar-refractivity contribution < 1.29 is 13.9 Å². The second kappa shape index (κ2) is 11.1. The van der Waals surface area contributed by atoms with E-state index in [1.54, 1.807) is 24.5 Å². The molecule has 1 saturated heterocycles. The van der Waals surface area contributed by atoms with E-state index in [1.807, 2.05) is 4.90 Å². The summed E-state index contributed by atoms with van der Waals surface area (Å²) < 4.78 is 20.9. The minimum atomic E-state index is -0.385. The second-order valence-electron chi connectivity index (χ2n) is 12.8. The first kappa shape index (κ1) is 27.6. The zero-order valence-electron chi connectivity index (χ0n) is 24.1. The van der Waals surface area contributed by atoms with Crippen LogP contribution in [0.25, 0.3) is 0 Å². The number of hydrogen-bond donors (Lipinski definition) is 1. The summed E-state index contributed by atoms with van der Waals surface area (Å²) >= 11 is 5.93. The SMILES string of the molecule is CC1(C2CCN(c3ncc(Cl)cn3)CC2)CC1CCOc1ccc(CC(=O)N2CCc3c(C4CC4)n[nH]c3C2)c(F)c1. The maximum atomic E-state index is 15.0. The van der Waals surface area contributed by atoms with E-state index in [2.05, 4.69) is 32.0 Å². The molecule has 0 bridgehead atoms. The molecule has 2 aromatic heterocycles. The largest absolute Gasteiger partial charge is 0.493 e. The Hall–Kier alpha value is -3.20. The molecular weight excluding hydrogens is 555 g/mol. The monoisotopic (exact) mass is 592 g/mol. The number of halogens is 2. The number of amides is 1. The molecule has 4 aliphatic rings. The van der Waals surface area contributed by atoms with Crippen molar-refractivity contribution in [3.8, 4) is 5.75 Å². The molecule has 7 rings (SSSR count). The highest BCUT2D eigenvalue weighted by Gasteiger charge is 2.54. The van der Waals surface area contributed by atoms with Crippen LogP contribution < -0.4 is 9.64 Å². The van der Waals surface area contributed by atoms with Gasteiger partial charge in [-0.05, 0) is 73.8 Å². The van der Waals surface area contributed by atoms with E-state index in [-0.39, 0.29) is 18.1 Å². The fourth-order valence-corrected chi connectivity index (χ4v) is 7.32. The minimum absolute atomic E-state index is 0.0501. The van der Waals surface area contributed by atoms with Crippen molar-refractivity contribution in [1.82, 2.24) is 25.1 Å². The Morgan fingerprint density at radius 1 is 1.17 bits per heavy atom. The number of benzene rings is 1. The fraction of sp³-hybridized carbons (Fsp3) is 0.562. The zero-order valence-corrected chi connectivity index (χ0v) is 24.9. The first-order valence-corrected chi connectivity index (χ1v) is 15.7. The molecule has 0 spiro atoms. The third kappa shape index (κ3) is 5.60. The van der Waals surface area contributed by atoms with Gasteiger partial charge in [0.15, 0.2) is 0 Å². The normalized spacial score (nSPS) is 24.0. The Morgan fingerprint density at radius 2 is 1.95 bits per heavy atom. The van der Waals surface area contributed by atoms with Crippen molar-refractivity contribution in [2.24, 2.45) is 17.3 Å². The zero-order chi connectivity index (χ0) is 28.8. The number of hydrogen-bond acceptors (Lipinski definition) is 6. The standard InChI is InChI=1S/C32H38ClFN6O2/c1-32(22-6-10-39(11-7-22)31-35-17-24(33)18-36-31)16-23(32)9-13-42-25-5-4-21(27(34)15-25)14-29(41)40-12-8-26-28(19-40)37-38-30(26)20-2-3-20/h4-5,15,17-18,20,22-23H,2-3,6-14,16,19H2,1H3,(H,37,38). The van der Waals surface area contributed by atoms with Crippen LogP contribution in [0.3, 0.4) is 0 Å². The van der Waals surface area contributed by atoms with Crippen molar-refractivity contribution >= 4 is 23.5 Å². The van der Waals surface area contributed by atoms with Gasteiger partial charge in [-0.1, -0.05) is 24.6 Å². The number of rotatable bonds is 9. The van der Waals surface area contributed by atoms with Crippen molar-refractivity contribution in [2.75, 3.05) is 31.1 Å². The lowest BCUT2D eigenvalue weighted by Crippen LogP contribution is -2.37. The summed E-state index contributed by atoms with van der Waals surface area (Å²) in [6.07, 6.45) is 11.0. The number of fused-ring (bicyclic) bond motifs is 1. The maximum Gasteiger partial charge on any atom is 0.227 e. The Morgan fingerprint density at radius 3 is 2.69 bits per heavy atom. The second-order valence-corrected chi connectivity index (χ2v) is 13.3. The van der Waals surface area contributed by atoms with Gasteiger partial charge in [-0.25, -0.2) is 14.4 Å². The number of carbonyl (C=O) groups excluding carboxylic acids is 1. The Bertz CT molecular complexity index is 1450. The van der Waals surface area contributed by atoms with E-state index in [0.717, 1.165) is 50.4 Å². The summed E-state index contributed by atoms with van der Waals surface area (Å²) in [4.78, 5) is 25.8. The number of anilines is 1. The molecule has 1 N–H and O–H groups in total. The van der Waals surface area contributed by atoms with E-state index in [4.69, 9.17) is 16.3 Å². The van der Waals surface area contributed by atoms with Gasteiger partial charge >= 0.3 is 0 Å².